The summed E-state index contributed by atoms with van der Waals surface area (Å²) in [6.45, 7) is 0. The summed E-state index contributed by atoms with van der Waals surface area (Å²) in [7, 11) is -2.26. The average molecular weight is 193 g/mol. The summed E-state index contributed by atoms with van der Waals surface area (Å²) in [5.74, 6) is 0.800. The van der Waals surface area contributed by atoms with Crippen molar-refractivity contribution in [2.24, 2.45) is 0 Å². The molecule has 2 rings (SSSR count). The molecular formula is C6H3ClFO2P. The van der Waals surface area contributed by atoms with E-state index < -0.39 is 8.69 Å². The van der Waals surface area contributed by atoms with Crippen molar-refractivity contribution >= 4 is 20.3 Å². The van der Waals surface area contributed by atoms with Gasteiger partial charge in [0.15, 0.2) is 11.5 Å². The van der Waals surface area contributed by atoms with Crippen LogP contribution >= 0.6 is 20.3 Å². The van der Waals surface area contributed by atoms with Crippen LogP contribution in [-0.2, 0) is 0 Å². The molecule has 5 heteroatoms. The van der Waals surface area contributed by atoms with Gasteiger partial charge in [-0.25, -0.2) is 0 Å². The predicted octanol–water partition coefficient (Wildman–Crippen LogP) is 3.31. The second kappa shape index (κ2) is 2.50. The van der Waals surface area contributed by atoms with Crippen LogP contribution in [0.25, 0.3) is 0 Å². The Bertz CT molecular complexity index is 294. The molecule has 2 nitrogen and oxygen atoms in total. The monoisotopic (exact) mass is 192 g/mol. The van der Waals surface area contributed by atoms with Gasteiger partial charge in [0.2, 0.25) is 0 Å². The van der Waals surface area contributed by atoms with Gasteiger partial charge in [-0.15, -0.1) is 4.20 Å². The minimum atomic E-state index is -2.26. The van der Waals surface area contributed by atoms with Gasteiger partial charge in [0.1, 0.15) is 0 Å². The quantitative estimate of drug-likeness (QED) is 0.587. The molecule has 0 spiro atoms. The summed E-state index contributed by atoms with van der Waals surface area (Å²) in [4.78, 5) is 0. The molecule has 0 N–H and O–H groups in total. The first-order chi connectivity index (χ1) is 5.25. The minimum absolute atomic E-state index is 0.381. The van der Waals surface area contributed by atoms with Gasteiger partial charge in [0.25, 0.3) is 0 Å². The second-order valence-electron chi connectivity index (χ2n) is 1.99. The zero-order valence-electron chi connectivity index (χ0n) is 5.25. The Morgan fingerprint density at radius 2 is 2.00 bits per heavy atom. The molecule has 0 saturated heterocycles. The highest BCUT2D eigenvalue weighted by molar-refractivity contribution is 7.42. The number of hydrogen-bond acceptors (Lipinski definition) is 2. The van der Waals surface area contributed by atoms with E-state index in [0.29, 0.717) is 16.5 Å². The van der Waals surface area contributed by atoms with Crippen molar-refractivity contribution in [2.45, 2.75) is 0 Å². The predicted molar refractivity (Wildman–Crippen MR) is 40.7 cm³/mol. The SMILES string of the molecule is FP1Oc2ccc(Cl)cc2O1. The third-order valence-corrected chi connectivity index (χ3v) is 2.16. The first-order valence-electron chi connectivity index (χ1n) is 2.87. The van der Waals surface area contributed by atoms with Crippen molar-refractivity contribution < 1.29 is 13.2 Å². The summed E-state index contributed by atoms with van der Waals surface area (Å²) < 4.78 is 21.8. The van der Waals surface area contributed by atoms with Crippen LogP contribution in [0.2, 0.25) is 5.02 Å². The molecule has 0 fully saturated rings. The fourth-order valence-corrected chi connectivity index (χ4v) is 1.60. The Hall–Kier alpha value is -0.530. The van der Waals surface area contributed by atoms with Gasteiger partial charge in [-0.05, 0) is 12.1 Å². The van der Waals surface area contributed by atoms with Gasteiger partial charge in [-0.2, -0.15) is 0 Å². The van der Waals surface area contributed by atoms with Gasteiger partial charge in [0, 0.05) is 11.1 Å². The summed E-state index contributed by atoms with van der Waals surface area (Å²) in [5, 5.41) is 0.512. The molecule has 0 aliphatic carbocycles. The van der Waals surface area contributed by atoms with Crippen LogP contribution in [0.1, 0.15) is 0 Å². The fourth-order valence-electron chi connectivity index (χ4n) is 0.802. The highest BCUT2D eigenvalue weighted by Gasteiger charge is 2.26. The summed E-state index contributed by atoms with van der Waals surface area (Å²) in [5.41, 5.74) is 0. The standard InChI is InChI=1S/C6H3ClFO2P/c7-4-1-2-5-6(3-4)10-11(8)9-5/h1-3H. The van der Waals surface area contributed by atoms with E-state index in [-0.39, 0.29) is 0 Å². The Morgan fingerprint density at radius 1 is 1.27 bits per heavy atom. The first-order valence-corrected chi connectivity index (χ1v) is 4.32. The number of fused-ring (bicyclic) bond motifs is 1. The molecule has 1 heterocycles. The zero-order chi connectivity index (χ0) is 7.84. The second-order valence-corrected chi connectivity index (χ2v) is 3.21. The van der Waals surface area contributed by atoms with Gasteiger partial charge in [-0.3, -0.25) is 0 Å². The molecule has 1 aliphatic rings. The Labute approximate surface area is 68.9 Å². The average Bonchev–Trinajstić information content (AvgIpc) is 2.27. The van der Waals surface area contributed by atoms with E-state index in [9.17, 15) is 4.20 Å². The number of rotatable bonds is 0. The van der Waals surface area contributed by atoms with E-state index in [1.165, 1.54) is 6.07 Å². The molecule has 1 aromatic carbocycles. The highest BCUT2D eigenvalue weighted by Crippen LogP contribution is 2.53. The molecule has 11 heavy (non-hydrogen) atoms. The van der Waals surface area contributed by atoms with E-state index in [0.717, 1.165) is 0 Å². The molecule has 0 radical (unpaired) electrons. The van der Waals surface area contributed by atoms with E-state index in [1.807, 2.05) is 0 Å². The smallest absolute Gasteiger partial charge is 0.411 e. The van der Waals surface area contributed by atoms with Crippen molar-refractivity contribution in [3.05, 3.63) is 23.2 Å². The van der Waals surface area contributed by atoms with Gasteiger partial charge < -0.3 is 9.05 Å². The van der Waals surface area contributed by atoms with E-state index in [1.54, 1.807) is 12.1 Å². The van der Waals surface area contributed by atoms with Crippen LogP contribution in [-0.4, -0.2) is 0 Å². The van der Waals surface area contributed by atoms with Crippen LogP contribution < -0.4 is 9.05 Å². The lowest BCUT2D eigenvalue weighted by Gasteiger charge is -1.92. The topological polar surface area (TPSA) is 18.5 Å². The summed E-state index contributed by atoms with van der Waals surface area (Å²) in [6.07, 6.45) is 0. The van der Waals surface area contributed by atoms with Crippen LogP contribution in [0.15, 0.2) is 18.2 Å². The molecule has 0 aromatic heterocycles. The highest BCUT2D eigenvalue weighted by atomic mass is 35.5. The molecule has 0 saturated carbocycles. The van der Waals surface area contributed by atoms with Crippen molar-refractivity contribution in [1.29, 1.82) is 0 Å². The van der Waals surface area contributed by atoms with Crippen molar-refractivity contribution in [3.63, 3.8) is 0 Å². The third kappa shape index (κ3) is 1.26. The number of halogens is 2. The maximum Gasteiger partial charge on any atom is 0.506 e. The van der Waals surface area contributed by atoms with Gasteiger partial charge in [0.05, 0.1) is 0 Å². The summed E-state index contributed by atoms with van der Waals surface area (Å²) >= 11 is 5.62. The molecule has 0 amide bonds. The zero-order valence-corrected chi connectivity index (χ0v) is 6.90. The Morgan fingerprint density at radius 3 is 2.82 bits per heavy atom. The number of benzene rings is 1. The van der Waals surface area contributed by atoms with Crippen LogP contribution in [0, 0.1) is 0 Å². The maximum absolute atomic E-state index is 12.4. The normalized spacial score (nSPS) is 20.4. The Kier molecular flexibility index (Phi) is 1.63. The van der Waals surface area contributed by atoms with E-state index in [2.05, 4.69) is 9.05 Å². The molecular weight excluding hydrogens is 189 g/mol. The van der Waals surface area contributed by atoms with Crippen molar-refractivity contribution in [3.8, 4) is 11.5 Å². The third-order valence-electron chi connectivity index (χ3n) is 1.25. The fraction of sp³-hybridized carbons (Fsp3) is 0. The lowest BCUT2D eigenvalue weighted by molar-refractivity contribution is 0.507. The lowest BCUT2D eigenvalue weighted by Crippen LogP contribution is -1.73. The molecule has 0 bridgehead atoms. The lowest BCUT2D eigenvalue weighted by atomic mass is 10.3. The van der Waals surface area contributed by atoms with Gasteiger partial charge in [-0.1, -0.05) is 11.6 Å². The molecule has 1 unspecified atom stereocenters. The summed E-state index contributed by atoms with van der Waals surface area (Å²) in [6, 6.07) is 4.73. The molecule has 1 atom stereocenters. The molecule has 1 aliphatic heterocycles. The number of hydrogen-bond donors (Lipinski definition) is 0. The van der Waals surface area contributed by atoms with Gasteiger partial charge >= 0.3 is 8.69 Å². The van der Waals surface area contributed by atoms with Crippen molar-refractivity contribution in [1.82, 2.24) is 0 Å². The molecule has 58 valence electrons. The minimum Gasteiger partial charge on any atom is -0.411 e. The van der Waals surface area contributed by atoms with E-state index in [4.69, 9.17) is 11.6 Å². The van der Waals surface area contributed by atoms with Crippen LogP contribution in [0.5, 0.6) is 11.5 Å². The molecule has 1 aromatic rings. The Balaban J connectivity index is 2.43. The largest absolute Gasteiger partial charge is 0.506 e. The van der Waals surface area contributed by atoms with Crippen LogP contribution in [0.3, 0.4) is 0 Å². The van der Waals surface area contributed by atoms with E-state index >= 15 is 0 Å². The van der Waals surface area contributed by atoms with Crippen molar-refractivity contribution in [2.75, 3.05) is 0 Å². The maximum atomic E-state index is 12.4. The first kappa shape index (κ1) is 7.14. The van der Waals surface area contributed by atoms with Crippen LogP contribution in [0.4, 0.5) is 4.20 Å².